The van der Waals surface area contributed by atoms with Gasteiger partial charge in [-0.3, -0.25) is 19.7 Å². The second-order valence-corrected chi connectivity index (χ2v) is 7.35. The van der Waals surface area contributed by atoms with E-state index in [1.807, 2.05) is 0 Å². The van der Waals surface area contributed by atoms with Gasteiger partial charge in [0.2, 0.25) is 0 Å². The molecule has 0 aliphatic carbocycles. The van der Waals surface area contributed by atoms with Crippen molar-refractivity contribution in [2.24, 2.45) is 0 Å². The van der Waals surface area contributed by atoms with E-state index in [0.717, 1.165) is 6.08 Å². The summed E-state index contributed by atoms with van der Waals surface area (Å²) in [5.74, 6) is -3.98. The van der Waals surface area contributed by atoms with Gasteiger partial charge in [0.1, 0.15) is 0 Å². The van der Waals surface area contributed by atoms with Gasteiger partial charge in [-0.1, -0.05) is 54.1 Å². The van der Waals surface area contributed by atoms with E-state index in [9.17, 15) is 29.6 Å². The summed E-state index contributed by atoms with van der Waals surface area (Å²) in [6, 6.07) is 14.4. The van der Waals surface area contributed by atoms with E-state index in [2.05, 4.69) is 0 Å². The summed E-state index contributed by atoms with van der Waals surface area (Å²) in [5.41, 5.74) is 0.221. The lowest BCUT2D eigenvalue weighted by molar-refractivity contribution is -0.432. The molecule has 2 unspecified atom stereocenters. The molecule has 0 radical (unpaired) electrons. The van der Waals surface area contributed by atoms with Crippen molar-refractivity contribution in [3.05, 3.63) is 86.6 Å². The Morgan fingerprint density at radius 1 is 1.09 bits per heavy atom. The van der Waals surface area contributed by atoms with Gasteiger partial charge in [-0.2, -0.15) is 0 Å². The average molecular weight is 476 g/mol. The van der Waals surface area contributed by atoms with Crippen LogP contribution in [0.25, 0.3) is 6.08 Å². The molecule has 1 N–H and O–H groups in total. The molecule has 0 saturated heterocycles. The quantitative estimate of drug-likeness (QED) is 0.292. The Balaban J connectivity index is 2.32. The lowest BCUT2D eigenvalue weighted by Crippen LogP contribution is -2.34. The van der Waals surface area contributed by atoms with Gasteiger partial charge in [0.25, 0.3) is 11.8 Å². The minimum atomic E-state index is -1.94. The van der Waals surface area contributed by atoms with Crippen molar-refractivity contribution >= 4 is 35.6 Å². The van der Waals surface area contributed by atoms with E-state index < -0.39 is 47.0 Å². The van der Waals surface area contributed by atoms with Gasteiger partial charge in [0.15, 0.2) is 0 Å². The Morgan fingerprint density at radius 3 is 2.27 bits per heavy atom. The number of ether oxygens (including phenoxy) is 2. The Hall–Kier alpha value is -3.72. The molecule has 0 spiro atoms. The molecule has 0 aliphatic rings. The number of hydrogen-bond acceptors (Lipinski definition) is 7. The fraction of sp³-hybridized carbons (Fsp3) is 0.261. The number of rotatable bonds is 11. The van der Waals surface area contributed by atoms with Crippen LogP contribution in [0.1, 0.15) is 36.8 Å². The first-order chi connectivity index (χ1) is 15.7. The second kappa shape index (κ2) is 12.4. The summed E-state index contributed by atoms with van der Waals surface area (Å²) in [7, 11) is 0. The lowest BCUT2D eigenvalue weighted by atomic mass is 9.92. The molecule has 0 amide bonds. The summed E-state index contributed by atoms with van der Waals surface area (Å²) < 4.78 is 10.0. The van der Waals surface area contributed by atoms with Crippen molar-refractivity contribution in [1.29, 1.82) is 0 Å². The van der Waals surface area contributed by atoms with Crippen molar-refractivity contribution in [2.45, 2.75) is 31.8 Å². The van der Waals surface area contributed by atoms with Crippen molar-refractivity contribution in [2.75, 3.05) is 6.61 Å². The molecule has 2 aromatic rings. The Kier molecular flexibility index (Phi) is 9.56. The van der Waals surface area contributed by atoms with Crippen LogP contribution in [0.5, 0.6) is 0 Å². The number of esters is 2. The number of aliphatic carboxylic acids is 1. The molecule has 2 aromatic carbocycles. The first-order valence-electron chi connectivity index (χ1n) is 9.95. The van der Waals surface area contributed by atoms with Gasteiger partial charge < -0.3 is 14.6 Å². The van der Waals surface area contributed by atoms with Crippen LogP contribution >= 0.6 is 11.6 Å². The molecular weight excluding hydrogens is 454 g/mol. The van der Waals surface area contributed by atoms with E-state index in [4.69, 9.17) is 21.1 Å². The molecule has 33 heavy (non-hydrogen) atoms. The highest BCUT2D eigenvalue weighted by Gasteiger charge is 2.37. The molecule has 10 heteroatoms. The van der Waals surface area contributed by atoms with E-state index in [1.165, 1.54) is 31.2 Å². The molecule has 2 rings (SSSR count). The fourth-order valence-corrected chi connectivity index (χ4v) is 3.15. The maximum Gasteiger partial charge on any atom is 0.358 e. The van der Waals surface area contributed by atoms with Gasteiger partial charge in [0.05, 0.1) is 24.4 Å². The highest BCUT2D eigenvalue weighted by molar-refractivity contribution is 6.30. The fourth-order valence-electron chi connectivity index (χ4n) is 3.03. The zero-order valence-electron chi connectivity index (χ0n) is 17.7. The third-order valence-corrected chi connectivity index (χ3v) is 4.77. The van der Waals surface area contributed by atoms with Crippen molar-refractivity contribution < 1.29 is 33.9 Å². The zero-order chi connectivity index (χ0) is 24.4. The molecule has 0 bridgehead atoms. The minimum Gasteiger partial charge on any atom is -0.481 e. The molecular formula is C23H22ClNO8. The van der Waals surface area contributed by atoms with Crippen LogP contribution in [-0.2, 0) is 23.9 Å². The number of halogens is 1. The molecule has 0 aromatic heterocycles. The Labute approximate surface area is 194 Å². The van der Waals surface area contributed by atoms with E-state index >= 15 is 0 Å². The first kappa shape index (κ1) is 25.5. The number of carboxylic acids is 1. The summed E-state index contributed by atoms with van der Waals surface area (Å²) in [6.45, 7) is 1.41. The van der Waals surface area contributed by atoms with Crippen LogP contribution in [-0.4, -0.2) is 40.6 Å². The van der Waals surface area contributed by atoms with Gasteiger partial charge in [-0.25, -0.2) is 4.79 Å². The third-order valence-electron chi connectivity index (χ3n) is 4.52. The number of carbonyl (C=O) groups excluding carboxylic acids is 2. The monoisotopic (exact) mass is 475 g/mol. The van der Waals surface area contributed by atoms with Gasteiger partial charge in [-0.15, -0.1) is 0 Å². The molecule has 0 heterocycles. The normalized spacial score (nSPS) is 13.0. The molecule has 0 fully saturated rings. The number of nitrogens with zero attached hydrogens (tertiary/aromatic N) is 1. The van der Waals surface area contributed by atoms with Gasteiger partial charge in [0, 0.05) is 17.0 Å². The predicted molar refractivity (Wildman–Crippen MR) is 119 cm³/mol. The molecule has 0 aliphatic heterocycles. The van der Waals surface area contributed by atoms with Crippen LogP contribution in [0.4, 0.5) is 0 Å². The van der Waals surface area contributed by atoms with Crippen LogP contribution in [0.3, 0.4) is 0 Å². The topological polar surface area (TPSA) is 133 Å². The van der Waals surface area contributed by atoms with E-state index in [-0.39, 0.29) is 13.0 Å². The summed E-state index contributed by atoms with van der Waals surface area (Å²) in [6.07, 6.45) is -1.63. The van der Waals surface area contributed by atoms with Crippen molar-refractivity contribution in [1.82, 2.24) is 0 Å². The maximum absolute atomic E-state index is 12.7. The highest BCUT2D eigenvalue weighted by atomic mass is 35.5. The minimum absolute atomic E-state index is 0.0928. The van der Waals surface area contributed by atoms with Crippen LogP contribution in [0, 0.1) is 10.1 Å². The third kappa shape index (κ3) is 8.04. The summed E-state index contributed by atoms with van der Waals surface area (Å²) in [4.78, 5) is 47.3. The maximum atomic E-state index is 12.7. The van der Waals surface area contributed by atoms with E-state index in [0.29, 0.717) is 16.1 Å². The van der Waals surface area contributed by atoms with Crippen LogP contribution in [0.2, 0.25) is 5.02 Å². The largest absolute Gasteiger partial charge is 0.481 e. The lowest BCUT2D eigenvalue weighted by Gasteiger charge is -2.18. The van der Waals surface area contributed by atoms with Gasteiger partial charge >= 0.3 is 17.9 Å². The first-order valence-corrected chi connectivity index (χ1v) is 10.3. The number of benzene rings is 2. The highest BCUT2D eigenvalue weighted by Crippen LogP contribution is 2.25. The Morgan fingerprint density at radius 2 is 1.73 bits per heavy atom. The summed E-state index contributed by atoms with van der Waals surface area (Å²) >= 11 is 5.83. The number of carboxylic acid groups (broad SMARTS) is 1. The Bertz CT molecular complexity index is 1020. The number of carbonyl (C=O) groups is 3. The zero-order valence-corrected chi connectivity index (χ0v) is 18.4. The average Bonchev–Trinajstić information content (AvgIpc) is 2.77. The number of nitro groups is 1. The van der Waals surface area contributed by atoms with Crippen LogP contribution < -0.4 is 0 Å². The van der Waals surface area contributed by atoms with Crippen LogP contribution in [0.15, 0.2) is 60.3 Å². The summed E-state index contributed by atoms with van der Waals surface area (Å²) in [5, 5.41) is 21.3. The molecule has 0 saturated carbocycles. The molecule has 2 atom stereocenters. The molecule has 9 nitrogen and oxygen atoms in total. The second-order valence-electron chi connectivity index (χ2n) is 6.91. The SMILES string of the molecule is CCOC(=O)C(OC(=O)CC(CC(=O)O)c1ccccc1)/C(=C/c1ccc(Cl)cc1)[N+](=O)[O-]. The van der Waals surface area contributed by atoms with E-state index in [1.54, 1.807) is 30.3 Å². The molecule has 174 valence electrons. The number of hydrogen-bond donors (Lipinski definition) is 1. The standard InChI is InChI=1S/C23H22ClNO8/c1-2-32-23(29)22(19(25(30)31)12-15-8-10-18(24)11-9-15)33-21(28)14-17(13-20(26)27)16-6-4-3-5-7-16/h3-12,17,22H,2,13-14H2,1H3,(H,26,27)/b19-12-. The predicted octanol–water partition coefficient (Wildman–Crippen LogP) is 4.08. The van der Waals surface area contributed by atoms with Gasteiger partial charge in [-0.05, 0) is 30.2 Å². The smallest absolute Gasteiger partial charge is 0.358 e. The van der Waals surface area contributed by atoms with Crippen molar-refractivity contribution in [3.63, 3.8) is 0 Å². The van der Waals surface area contributed by atoms with Crippen molar-refractivity contribution in [3.8, 4) is 0 Å².